The van der Waals surface area contributed by atoms with E-state index in [-0.39, 0.29) is 5.92 Å². The van der Waals surface area contributed by atoms with Gasteiger partial charge in [0.15, 0.2) is 6.17 Å². The molecule has 2 rings (SSSR count). The zero-order valence-corrected chi connectivity index (χ0v) is 14.4. The van der Waals surface area contributed by atoms with Gasteiger partial charge >= 0.3 is 0 Å². The summed E-state index contributed by atoms with van der Waals surface area (Å²) in [5, 5.41) is 0. The van der Waals surface area contributed by atoms with Crippen LogP contribution in [0.5, 0.6) is 0 Å². The molecule has 2 saturated carbocycles. The lowest BCUT2D eigenvalue weighted by Gasteiger charge is -2.46. The molecule has 0 aliphatic heterocycles. The highest BCUT2D eigenvalue weighted by Crippen LogP contribution is 2.46. The fraction of sp³-hybridized carbons (Fsp3) is 1.00. The Kier molecular flexibility index (Phi) is 7.67. The van der Waals surface area contributed by atoms with Gasteiger partial charge in [0.25, 0.3) is 0 Å². The molecule has 5 heteroatoms. The van der Waals surface area contributed by atoms with E-state index in [1.807, 2.05) is 13.8 Å². The Labute approximate surface area is 138 Å². The summed E-state index contributed by atoms with van der Waals surface area (Å²) in [7, 11) is 0. The lowest BCUT2D eigenvalue weighted by molar-refractivity contribution is -0.151. The highest BCUT2D eigenvalue weighted by atomic mass is 19.2. The first-order valence-electron chi connectivity index (χ1n) is 9.25. The van der Waals surface area contributed by atoms with Gasteiger partial charge in [-0.15, -0.1) is 0 Å². The van der Waals surface area contributed by atoms with Gasteiger partial charge in [0, 0.05) is 19.1 Å². The van der Waals surface area contributed by atoms with Crippen LogP contribution in [0.3, 0.4) is 0 Å². The van der Waals surface area contributed by atoms with Gasteiger partial charge in [0.05, 0.1) is 12.2 Å². The highest BCUT2D eigenvalue weighted by Gasteiger charge is 2.53. The lowest BCUT2D eigenvalue weighted by Crippen LogP contribution is -2.55. The van der Waals surface area contributed by atoms with Crippen LogP contribution >= 0.6 is 0 Å². The van der Waals surface area contributed by atoms with Crippen LogP contribution in [-0.2, 0) is 9.47 Å². The first kappa shape index (κ1) is 19.0. The second-order valence-corrected chi connectivity index (χ2v) is 7.01. The first-order valence-corrected chi connectivity index (χ1v) is 9.25. The zero-order valence-electron chi connectivity index (χ0n) is 14.4. The maximum atomic E-state index is 14.7. The Balaban J connectivity index is 1.92. The summed E-state index contributed by atoms with van der Waals surface area (Å²) in [6.07, 6.45) is -0.846. The van der Waals surface area contributed by atoms with Gasteiger partial charge in [0.2, 0.25) is 0 Å². The fourth-order valence-electron chi connectivity index (χ4n) is 3.89. The van der Waals surface area contributed by atoms with E-state index in [1.165, 1.54) is 0 Å². The monoisotopic (exact) mass is 336 g/mol. The largest absolute Gasteiger partial charge is 0.375 e. The van der Waals surface area contributed by atoms with E-state index in [0.29, 0.717) is 32.5 Å². The van der Waals surface area contributed by atoms with E-state index in [0.717, 1.165) is 25.7 Å². The third kappa shape index (κ3) is 4.62. The molecule has 0 saturated heterocycles. The molecule has 0 radical (unpaired) electrons. The zero-order chi connectivity index (χ0) is 16.8. The number of halogens is 3. The molecule has 0 N–H and O–H groups in total. The molecule has 7 unspecified atom stereocenters. The Hall–Kier alpha value is -0.290. The van der Waals surface area contributed by atoms with Crippen molar-refractivity contribution >= 4 is 0 Å². The SMILES string of the molecule is CCCCOC1CC2CCC(OCCCC)C(F)C2C(F)C1F. The van der Waals surface area contributed by atoms with Crippen molar-refractivity contribution in [1.82, 2.24) is 0 Å². The highest BCUT2D eigenvalue weighted by molar-refractivity contribution is 5.01. The van der Waals surface area contributed by atoms with E-state index in [2.05, 4.69) is 0 Å². The molecule has 0 aromatic rings. The lowest BCUT2D eigenvalue weighted by atomic mass is 9.66. The van der Waals surface area contributed by atoms with E-state index >= 15 is 0 Å². The number of fused-ring (bicyclic) bond motifs is 1. The van der Waals surface area contributed by atoms with Crippen LogP contribution in [-0.4, -0.2) is 43.9 Å². The molecule has 2 nitrogen and oxygen atoms in total. The Morgan fingerprint density at radius 1 is 0.783 bits per heavy atom. The molecule has 0 aromatic heterocycles. The summed E-state index contributed by atoms with van der Waals surface area (Å²) < 4.78 is 54.7. The summed E-state index contributed by atoms with van der Waals surface area (Å²) in [6, 6.07) is 0. The Morgan fingerprint density at radius 3 is 2.00 bits per heavy atom. The molecule has 7 atom stereocenters. The second kappa shape index (κ2) is 9.26. The van der Waals surface area contributed by atoms with E-state index in [9.17, 15) is 13.2 Å². The molecule has 0 amide bonds. The number of hydrogen-bond donors (Lipinski definition) is 0. The van der Waals surface area contributed by atoms with Crippen molar-refractivity contribution in [1.29, 1.82) is 0 Å². The van der Waals surface area contributed by atoms with Crippen LogP contribution < -0.4 is 0 Å². The number of rotatable bonds is 8. The molecule has 136 valence electrons. The van der Waals surface area contributed by atoms with E-state index in [4.69, 9.17) is 9.47 Å². The third-order valence-electron chi connectivity index (χ3n) is 5.31. The predicted molar refractivity (Wildman–Crippen MR) is 84.8 cm³/mol. The average molecular weight is 336 g/mol. The van der Waals surface area contributed by atoms with Crippen molar-refractivity contribution in [2.45, 2.75) is 89.5 Å². The summed E-state index contributed by atoms with van der Waals surface area (Å²) in [4.78, 5) is 0. The van der Waals surface area contributed by atoms with Crippen molar-refractivity contribution in [2.24, 2.45) is 11.8 Å². The molecule has 23 heavy (non-hydrogen) atoms. The van der Waals surface area contributed by atoms with Crippen molar-refractivity contribution < 1.29 is 22.6 Å². The second-order valence-electron chi connectivity index (χ2n) is 7.01. The van der Waals surface area contributed by atoms with Crippen molar-refractivity contribution in [3.05, 3.63) is 0 Å². The molecular weight excluding hydrogens is 305 g/mol. The average Bonchev–Trinajstić information content (AvgIpc) is 2.54. The van der Waals surface area contributed by atoms with Crippen molar-refractivity contribution in [3.8, 4) is 0 Å². The minimum Gasteiger partial charge on any atom is -0.375 e. The van der Waals surface area contributed by atoms with E-state index in [1.54, 1.807) is 0 Å². The number of alkyl halides is 3. The van der Waals surface area contributed by atoms with Gasteiger partial charge in [-0.1, -0.05) is 26.7 Å². The van der Waals surface area contributed by atoms with Gasteiger partial charge in [-0.05, 0) is 38.0 Å². The first-order chi connectivity index (χ1) is 11.1. The number of ether oxygens (including phenoxy) is 2. The minimum atomic E-state index is -1.78. The molecule has 2 fully saturated rings. The van der Waals surface area contributed by atoms with Gasteiger partial charge < -0.3 is 9.47 Å². The van der Waals surface area contributed by atoms with Crippen LogP contribution in [0, 0.1) is 11.8 Å². The van der Waals surface area contributed by atoms with Gasteiger partial charge in [-0.2, -0.15) is 0 Å². The summed E-state index contributed by atoms with van der Waals surface area (Å²) in [5.74, 6) is -1.01. The topological polar surface area (TPSA) is 18.5 Å². The maximum Gasteiger partial charge on any atom is 0.157 e. The smallest absolute Gasteiger partial charge is 0.157 e. The van der Waals surface area contributed by atoms with Crippen LogP contribution in [0.1, 0.15) is 58.8 Å². The van der Waals surface area contributed by atoms with Crippen LogP contribution in [0.4, 0.5) is 13.2 Å². The van der Waals surface area contributed by atoms with Crippen molar-refractivity contribution in [3.63, 3.8) is 0 Å². The van der Waals surface area contributed by atoms with Crippen LogP contribution in [0.15, 0.2) is 0 Å². The molecule has 0 bridgehead atoms. The van der Waals surface area contributed by atoms with Crippen LogP contribution in [0.25, 0.3) is 0 Å². The van der Waals surface area contributed by atoms with Gasteiger partial charge in [-0.3, -0.25) is 0 Å². The molecule has 2 aliphatic rings. The van der Waals surface area contributed by atoms with E-state index < -0.39 is 36.6 Å². The third-order valence-corrected chi connectivity index (χ3v) is 5.31. The summed E-state index contributed by atoms with van der Waals surface area (Å²) in [5.41, 5.74) is 0. The van der Waals surface area contributed by atoms with Gasteiger partial charge in [0.1, 0.15) is 12.3 Å². The summed E-state index contributed by atoms with van der Waals surface area (Å²) >= 11 is 0. The standard InChI is InChI=1S/C18H31F3O2/c1-3-5-9-22-13-8-7-12-11-14(23-10-6-4-2)17(20)18(21)15(12)16(13)19/h12-18H,3-11H2,1-2H3. The molecule has 0 spiro atoms. The predicted octanol–water partition coefficient (Wildman–Crippen LogP) is 4.80. The summed E-state index contributed by atoms with van der Waals surface area (Å²) in [6.45, 7) is 5.02. The number of hydrogen-bond acceptors (Lipinski definition) is 2. The minimum absolute atomic E-state index is 0.135. The molecule has 0 aromatic carbocycles. The van der Waals surface area contributed by atoms with Gasteiger partial charge in [-0.25, -0.2) is 13.2 Å². The molecule has 0 heterocycles. The fourth-order valence-corrected chi connectivity index (χ4v) is 3.89. The van der Waals surface area contributed by atoms with Crippen molar-refractivity contribution in [2.75, 3.05) is 13.2 Å². The Morgan fingerprint density at radius 2 is 1.39 bits per heavy atom. The quantitative estimate of drug-likeness (QED) is 0.593. The molecule has 2 aliphatic carbocycles. The number of unbranched alkanes of at least 4 members (excludes halogenated alkanes) is 2. The van der Waals surface area contributed by atoms with Crippen LogP contribution in [0.2, 0.25) is 0 Å². The Bertz CT molecular complexity index is 340. The normalized spacial score (nSPS) is 40.8. The maximum absolute atomic E-state index is 14.7. The molecular formula is C18H31F3O2.